The zero-order valence-corrected chi connectivity index (χ0v) is 14.9. The van der Waals surface area contributed by atoms with Crippen molar-refractivity contribution in [3.8, 4) is 0 Å². The molecule has 1 aromatic carbocycles. The van der Waals surface area contributed by atoms with Crippen molar-refractivity contribution in [3.05, 3.63) is 23.2 Å². The number of sulfonamides is 1. The van der Waals surface area contributed by atoms with Crippen molar-refractivity contribution in [1.82, 2.24) is 4.31 Å². The number of rotatable bonds is 4. The fraction of sp³-hybridized carbons (Fsp3) is 0.467. The first kappa shape index (κ1) is 18.7. The van der Waals surface area contributed by atoms with Gasteiger partial charge < -0.3 is 10.4 Å². The van der Waals surface area contributed by atoms with E-state index in [0.717, 1.165) is 0 Å². The molecule has 24 heavy (non-hydrogen) atoms. The van der Waals surface area contributed by atoms with Crippen LogP contribution in [-0.2, 0) is 19.6 Å². The molecule has 0 saturated carbocycles. The first-order chi connectivity index (χ1) is 11.1. The molecule has 1 saturated heterocycles. The van der Waals surface area contributed by atoms with E-state index in [1.54, 1.807) is 0 Å². The van der Waals surface area contributed by atoms with Crippen LogP contribution < -0.4 is 5.32 Å². The Bertz CT molecular complexity index is 765. The van der Waals surface area contributed by atoms with Crippen molar-refractivity contribution in [2.45, 2.75) is 25.2 Å². The zero-order valence-electron chi connectivity index (χ0n) is 13.3. The number of amides is 1. The highest BCUT2D eigenvalue weighted by atomic mass is 35.5. The summed E-state index contributed by atoms with van der Waals surface area (Å²) in [7, 11) is -3.86. The van der Waals surface area contributed by atoms with Gasteiger partial charge in [-0.25, -0.2) is 8.42 Å². The fourth-order valence-electron chi connectivity index (χ4n) is 2.77. The standard InChI is InChI=1S/C15H19ClN2O5S/c1-9-5-11(15(20)21)8-18(7-9)24(22,23)12-3-4-14(13(16)6-12)17-10(2)19/h3-4,6,9,11H,5,7-8H2,1-2H3,(H,17,19)(H,20,21). The fourth-order valence-corrected chi connectivity index (χ4v) is 4.70. The molecule has 2 unspecified atom stereocenters. The number of carboxylic acid groups (broad SMARTS) is 1. The monoisotopic (exact) mass is 374 g/mol. The first-order valence-corrected chi connectivity index (χ1v) is 9.23. The summed E-state index contributed by atoms with van der Waals surface area (Å²) < 4.78 is 26.7. The lowest BCUT2D eigenvalue weighted by Crippen LogP contribution is -2.45. The molecule has 0 aliphatic carbocycles. The summed E-state index contributed by atoms with van der Waals surface area (Å²) in [6.45, 7) is 3.34. The minimum Gasteiger partial charge on any atom is -0.481 e. The van der Waals surface area contributed by atoms with E-state index in [1.165, 1.54) is 29.4 Å². The molecule has 0 spiro atoms. The van der Waals surface area contributed by atoms with Gasteiger partial charge in [-0.05, 0) is 30.5 Å². The van der Waals surface area contributed by atoms with Gasteiger partial charge in [0.1, 0.15) is 0 Å². The molecular formula is C15H19ClN2O5S. The van der Waals surface area contributed by atoms with E-state index in [9.17, 15) is 23.1 Å². The Hall–Kier alpha value is -1.64. The first-order valence-electron chi connectivity index (χ1n) is 7.41. The number of aliphatic carboxylic acids is 1. The molecule has 1 aliphatic rings. The van der Waals surface area contributed by atoms with Crippen LogP contribution in [0.1, 0.15) is 20.3 Å². The number of hydrogen-bond acceptors (Lipinski definition) is 4. The van der Waals surface area contributed by atoms with Gasteiger partial charge in [-0.1, -0.05) is 18.5 Å². The van der Waals surface area contributed by atoms with Crippen molar-refractivity contribution in [2.24, 2.45) is 11.8 Å². The minimum absolute atomic E-state index is 0.0279. The molecule has 2 N–H and O–H groups in total. The maximum absolute atomic E-state index is 12.8. The van der Waals surface area contributed by atoms with E-state index in [2.05, 4.69) is 5.32 Å². The molecule has 0 aromatic heterocycles. The minimum atomic E-state index is -3.86. The van der Waals surface area contributed by atoms with Crippen molar-refractivity contribution >= 4 is 39.2 Å². The van der Waals surface area contributed by atoms with Crippen LogP contribution in [0.4, 0.5) is 5.69 Å². The summed E-state index contributed by atoms with van der Waals surface area (Å²) in [6.07, 6.45) is 0.448. The molecule has 1 aromatic rings. The van der Waals surface area contributed by atoms with Gasteiger partial charge in [-0.3, -0.25) is 9.59 Å². The van der Waals surface area contributed by atoms with Gasteiger partial charge in [-0.15, -0.1) is 0 Å². The second-order valence-corrected chi connectivity index (χ2v) is 8.37. The molecule has 7 nitrogen and oxygen atoms in total. The summed E-state index contributed by atoms with van der Waals surface area (Å²) in [5.41, 5.74) is 0.318. The van der Waals surface area contributed by atoms with E-state index >= 15 is 0 Å². The maximum atomic E-state index is 12.8. The Kier molecular flexibility index (Phi) is 5.52. The van der Waals surface area contributed by atoms with Crippen LogP contribution in [-0.4, -0.2) is 42.8 Å². The Balaban J connectivity index is 2.31. The Morgan fingerprint density at radius 2 is 2.00 bits per heavy atom. The molecule has 1 heterocycles. The largest absolute Gasteiger partial charge is 0.481 e. The molecule has 2 atom stereocenters. The van der Waals surface area contributed by atoms with Gasteiger partial charge in [0.25, 0.3) is 0 Å². The van der Waals surface area contributed by atoms with Crippen molar-refractivity contribution in [2.75, 3.05) is 18.4 Å². The van der Waals surface area contributed by atoms with Crippen molar-refractivity contribution in [1.29, 1.82) is 0 Å². The topological polar surface area (TPSA) is 104 Å². The highest BCUT2D eigenvalue weighted by Crippen LogP contribution is 2.30. The zero-order chi connectivity index (χ0) is 18.1. The predicted octanol–water partition coefficient (Wildman–Crippen LogP) is 2.03. The molecule has 1 fully saturated rings. The molecule has 132 valence electrons. The molecule has 1 amide bonds. The van der Waals surface area contributed by atoms with Gasteiger partial charge >= 0.3 is 5.97 Å². The number of benzene rings is 1. The van der Waals surface area contributed by atoms with Gasteiger partial charge in [-0.2, -0.15) is 4.31 Å². The average Bonchev–Trinajstić information content (AvgIpc) is 2.48. The number of nitrogens with zero attached hydrogens (tertiary/aromatic N) is 1. The number of halogens is 1. The summed E-state index contributed by atoms with van der Waals surface area (Å²) in [4.78, 5) is 22.3. The average molecular weight is 375 g/mol. The van der Waals surface area contributed by atoms with Crippen LogP contribution >= 0.6 is 11.6 Å². The van der Waals surface area contributed by atoms with E-state index in [4.69, 9.17) is 11.6 Å². The Morgan fingerprint density at radius 1 is 1.33 bits per heavy atom. The van der Waals surface area contributed by atoms with Gasteiger partial charge in [0, 0.05) is 20.0 Å². The number of nitrogens with one attached hydrogen (secondary N) is 1. The van der Waals surface area contributed by atoms with Crippen LogP contribution in [0.25, 0.3) is 0 Å². The lowest BCUT2D eigenvalue weighted by molar-refractivity contribution is -0.143. The third kappa shape index (κ3) is 4.06. The molecule has 2 rings (SSSR count). The van der Waals surface area contributed by atoms with E-state index < -0.39 is 21.9 Å². The maximum Gasteiger partial charge on any atom is 0.307 e. The number of hydrogen-bond donors (Lipinski definition) is 2. The highest BCUT2D eigenvalue weighted by molar-refractivity contribution is 7.89. The number of carbonyl (C=O) groups excluding carboxylic acids is 1. The summed E-state index contributed by atoms with van der Waals surface area (Å²) in [5.74, 6) is -2.09. The quantitative estimate of drug-likeness (QED) is 0.839. The predicted molar refractivity (Wildman–Crippen MR) is 89.4 cm³/mol. The van der Waals surface area contributed by atoms with Crippen molar-refractivity contribution in [3.63, 3.8) is 0 Å². The molecule has 9 heteroatoms. The Labute approximate surface area is 145 Å². The Morgan fingerprint density at radius 3 is 2.54 bits per heavy atom. The number of carboxylic acids is 1. The van der Waals surface area contributed by atoms with Gasteiger partial charge in [0.05, 0.1) is 21.5 Å². The summed E-state index contributed by atoms with van der Waals surface area (Å²) in [6, 6.07) is 4.03. The van der Waals surface area contributed by atoms with Gasteiger partial charge in [0.2, 0.25) is 15.9 Å². The lowest BCUT2D eigenvalue weighted by Gasteiger charge is -2.33. The molecular weight excluding hydrogens is 356 g/mol. The number of carbonyl (C=O) groups is 2. The smallest absolute Gasteiger partial charge is 0.307 e. The van der Waals surface area contributed by atoms with Crippen LogP contribution in [0.3, 0.4) is 0 Å². The van der Waals surface area contributed by atoms with E-state index in [1.807, 2.05) is 6.92 Å². The molecule has 0 bridgehead atoms. The third-order valence-electron chi connectivity index (χ3n) is 3.86. The van der Waals surface area contributed by atoms with Crippen molar-refractivity contribution < 1.29 is 23.1 Å². The van der Waals surface area contributed by atoms with E-state index in [-0.39, 0.29) is 34.8 Å². The normalized spacial score (nSPS) is 22.1. The van der Waals surface area contributed by atoms with Crippen LogP contribution in [0.15, 0.2) is 23.1 Å². The van der Waals surface area contributed by atoms with Crippen LogP contribution in [0.2, 0.25) is 5.02 Å². The molecule has 0 radical (unpaired) electrons. The summed E-state index contributed by atoms with van der Waals surface area (Å²) in [5, 5.41) is 11.8. The second kappa shape index (κ2) is 7.08. The SMILES string of the molecule is CC(=O)Nc1ccc(S(=O)(=O)N2CC(C)CC(C(=O)O)C2)cc1Cl. The van der Waals surface area contributed by atoms with Crippen LogP contribution in [0.5, 0.6) is 0 Å². The van der Waals surface area contributed by atoms with Crippen LogP contribution in [0, 0.1) is 11.8 Å². The van der Waals surface area contributed by atoms with E-state index in [0.29, 0.717) is 12.1 Å². The van der Waals surface area contributed by atoms with Gasteiger partial charge in [0.15, 0.2) is 0 Å². The lowest BCUT2D eigenvalue weighted by atomic mass is 9.92. The highest BCUT2D eigenvalue weighted by Gasteiger charge is 2.36. The second-order valence-electron chi connectivity index (χ2n) is 6.02. The third-order valence-corrected chi connectivity index (χ3v) is 6.00. The molecule has 1 aliphatic heterocycles. The number of piperidine rings is 1. The summed E-state index contributed by atoms with van der Waals surface area (Å²) >= 11 is 6.03. The number of anilines is 1.